The van der Waals surface area contributed by atoms with Gasteiger partial charge in [0.2, 0.25) is 11.8 Å². The lowest BCUT2D eigenvalue weighted by molar-refractivity contribution is -0.117. The van der Waals surface area contributed by atoms with Crippen molar-refractivity contribution in [3.8, 4) is 0 Å². The van der Waals surface area contributed by atoms with Gasteiger partial charge in [-0.15, -0.1) is 12.4 Å². The van der Waals surface area contributed by atoms with E-state index < -0.39 is 5.91 Å². The van der Waals surface area contributed by atoms with Crippen LogP contribution >= 0.6 is 12.4 Å². The normalized spacial score (nSPS) is 20.2. The number of hydrogen-bond acceptors (Lipinski definition) is 5. The molecule has 0 radical (unpaired) electrons. The Kier molecular flexibility index (Phi) is 7.68. The summed E-state index contributed by atoms with van der Waals surface area (Å²) in [4.78, 5) is 26.2. The smallest absolute Gasteiger partial charge is 0.248 e. The fraction of sp³-hybridized carbons (Fsp3) is 0.556. The number of nitrogens with two attached hydrogens (primary N) is 1. The van der Waals surface area contributed by atoms with Crippen molar-refractivity contribution >= 4 is 35.6 Å². The number of benzene rings is 1. The zero-order valence-corrected chi connectivity index (χ0v) is 15.6. The molecule has 2 amide bonds. The molecular weight excluding hydrogens is 356 g/mol. The molecule has 144 valence electrons. The highest BCUT2D eigenvalue weighted by Gasteiger charge is 2.20. The van der Waals surface area contributed by atoms with Crippen LogP contribution in [0.2, 0.25) is 0 Å². The van der Waals surface area contributed by atoms with Crippen LogP contribution in [0, 0.1) is 0 Å². The second kappa shape index (κ2) is 9.75. The molecule has 1 atom stereocenters. The predicted molar refractivity (Wildman–Crippen MR) is 104 cm³/mol. The topological polar surface area (TPSA) is 96.7 Å². The molecule has 2 fully saturated rings. The number of amides is 2. The molecule has 3 rings (SSSR count). The third-order valence-electron chi connectivity index (χ3n) is 4.68. The van der Waals surface area contributed by atoms with E-state index in [1.54, 1.807) is 12.1 Å². The summed E-state index contributed by atoms with van der Waals surface area (Å²) in [6.45, 7) is 3.88. The van der Waals surface area contributed by atoms with Crippen LogP contribution in [0.25, 0.3) is 0 Å². The Bertz CT molecular complexity index is 629. The third kappa shape index (κ3) is 5.33. The van der Waals surface area contributed by atoms with Crippen LogP contribution in [0.5, 0.6) is 0 Å². The van der Waals surface area contributed by atoms with Gasteiger partial charge < -0.3 is 26.0 Å². The molecule has 0 aliphatic carbocycles. The zero-order valence-electron chi connectivity index (χ0n) is 14.8. The van der Waals surface area contributed by atoms with E-state index in [0.29, 0.717) is 30.9 Å². The minimum absolute atomic E-state index is 0. The summed E-state index contributed by atoms with van der Waals surface area (Å²) in [6, 6.07) is 5.29. The maximum Gasteiger partial charge on any atom is 0.248 e. The molecule has 4 N–H and O–H groups in total. The number of anilines is 2. The van der Waals surface area contributed by atoms with E-state index in [9.17, 15) is 9.59 Å². The van der Waals surface area contributed by atoms with Crippen LogP contribution in [0.1, 0.15) is 36.0 Å². The Morgan fingerprint density at radius 2 is 2.04 bits per heavy atom. The molecule has 0 bridgehead atoms. The van der Waals surface area contributed by atoms with Gasteiger partial charge in [0.05, 0.1) is 24.6 Å². The maximum absolute atomic E-state index is 12.5. The second-order valence-electron chi connectivity index (χ2n) is 6.62. The van der Waals surface area contributed by atoms with Gasteiger partial charge in [0, 0.05) is 37.7 Å². The first-order valence-corrected chi connectivity index (χ1v) is 8.93. The van der Waals surface area contributed by atoms with Crippen molar-refractivity contribution in [3.63, 3.8) is 0 Å². The number of rotatable bonds is 5. The van der Waals surface area contributed by atoms with Gasteiger partial charge in [0.15, 0.2) is 0 Å². The van der Waals surface area contributed by atoms with E-state index in [1.807, 2.05) is 6.07 Å². The molecule has 1 aromatic rings. The van der Waals surface area contributed by atoms with E-state index in [2.05, 4.69) is 15.5 Å². The molecule has 2 saturated heterocycles. The van der Waals surface area contributed by atoms with Crippen molar-refractivity contribution < 1.29 is 14.3 Å². The first kappa shape index (κ1) is 20.5. The minimum Gasteiger partial charge on any atom is -0.378 e. The highest BCUT2D eigenvalue weighted by Crippen LogP contribution is 2.30. The minimum atomic E-state index is -0.497. The molecule has 2 aliphatic heterocycles. The van der Waals surface area contributed by atoms with Crippen molar-refractivity contribution in [2.24, 2.45) is 5.73 Å². The fourth-order valence-corrected chi connectivity index (χ4v) is 3.38. The number of carbonyl (C=O) groups excluding carboxylic acids is 2. The van der Waals surface area contributed by atoms with Crippen molar-refractivity contribution in [1.82, 2.24) is 5.32 Å². The van der Waals surface area contributed by atoms with Crippen LogP contribution in [0.3, 0.4) is 0 Å². The quantitative estimate of drug-likeness (QED) is 0.717. The van der Waals surface area contributed by atoms with Crippen molar-refractivity contribution in [3.05, 3.63) is 23.8 Å². The number of carbonyl (C=O) groups is 2. The summed E-state index contributed by atoms with van der Waals surface area (Å²) in [5, 5.41) is 6.24. The number of halogens is 1. The fourth-order valence-electron chi connectivity index (χ4n) is 3.38. The summed E-state index contributed by atoms with van der Waals surface area (Å²) >= 11 is 0. The molecule has 7 nitrogen and oxygen atoms in total. The summed E-state index contributed by atoms with van der Waals surface area (Å²) in [5.41, 5.74) is 7.40. The number of nitrogens with one attached hydrogen (secondary N) is 2. The summed E-state index contributed by atoms with van der Waals surface area (Å²) in [6.07, 6.45) is 3.83. The second-order valence-corrected chi connectivity index (χ2v) is 6.62. The van der Waals surface area contributed by atoms with Gasteiger partial charge in [-0.1, -0.05) is 0 Å². The van der Waals surface area contributed by atoms with Crippen LogP contribution < -0.4 is 21.3 Å². The van der Waals surface area contributed by atoms with E-state index in [0.717, 1.165) is 38.2 Å². The first-order valence-electron chi connectivity index (χ1n) is 8.93. The molecule has 2 heterocycles. The zero-order chi connectivity index (χ0) is 17.6. The Hall–Kier alpha value is -1.83. The SMILES string of the molecule is Cl.NC(=O)c1ccc(N2CCCCC2)c(NC(=O)CC2COCCN2)c1. The van der Waals surface area contributed by atoms with Crippen LogP contribution in [0.15, 0.2) is 18.2 Å². The number of primary amides is 1. The third-order valence-corrected chi connectivity index (χ3v) is 4.68. The van der Waals surface area contributed by atoms with Gasteiger partial charge in [0.1, 0.15) is 0 Å². The van der Waals surface area contributed by atoms with E-state index >= 15 is 0 Å². The average Bonchev–Trinajstić information content (AvgIpc) is 2.63. The predicted octanol–water partition coefficient (Wildman–Crippen LogP) is 1.51. The number of nitrogens with zero attached hydrogens (tertiary/aromatic N) is 1. The molecule has 0 saturated carbocycles. The van der Waals surface area contributed by atoms with Gasteiger partial charge in [-0.2, -0.15) is 0 Å². The number of ether oxygens (including phenoxy) is 1. The molecule has 8 heteroatoms. The Morgan fingerprint density at radius 1 is 1.27 bits per heavy atom. The monoisotopic (exact) mass is 382 g/mol. The largest absolute Gasteiger partial charge is 0.378 e. The molecule has 1 unspecified atom stereocenters. The van der Waals surface area contributed by atoms with Gasteiger partial charge in [-0.25, -0.2) is 0 Å². The van der Waals surface area contributed by atoms with E-state index in [4.69, 9.17) is 10.5 Å². The van der Waals surface area contributed by atoms with Crippen molar-refractivity contribution in [2.75, 3.05) is 43.1 Å². The lowest BCUT2D eigenvalue weighted by Crippen LogP contribution is -2.43. The van der Waals surface area contributed by atoms with Crippen LogP contribution in [0.4, 0.5) is 11.4 Å². The maximum atomic E-state index is 12.5. The van der Waals surface area contributed by atoms with Crippen LogP contribution in [-0.4, -0.2) is 50.7 Å². The Balaban J connectivity index is 0.00000243. The standard InChI is InChI=1S/C18H26N4O3.ClH/c19-18(24)13-4-5-16(22-7-2-1-3-8-22)15(10-13)21-17(23)11-14-12-25-9-6-20-14;/h4-5,10,14,20H,1-3,6-9,11-12H2,(H2,19,24)(H,21,23);1H. The summed E-state index contributed by atoms with van der Waals surface area (Å²) in [7, 11) is 0. The Morgan fingerprint density at radius 3 is 2.69 bits per heavy atom. The molecule has 0 spiro atoms. The van der Waals surface area contributed by atoms with Crippen LogP contribution in [-0.2, 0) is 9.53 Å². The lowest BCUT2D eigenvalue weighted by Gasteiger charge is -2.31. The van der Waals surface area contributed by atoms with E-state index in [1.165, 1.54) is 6.42 Å². The molecule has 2 aliphatic rings. The molecule has 26 heavy (non-hydrogen) atoms. The first-order chi connectivity index (χ1) is 12.1. The summed E-state index contributed by atoms with van der Waals surface area (Å²) < 4.78 is 5.39. The van der Waals surface area contributed by atoms with Gasteiger partial charge in [-0.3, -0.25) is 9.59 Å². The van der Waals surface area contributed by atoms with Gasteiger partial charge in [-0.05, 0) is 37.5 Å². The molecule has 0 aromatic heterocycles. The summed E-state index contributed by atoms with van der Waals surface area (Å²) in [5.74, 6) is -0.592. The van der Waals surface area contributed by atoms with E-state index in [-0.39, 0.29) is 24.4 Å². The average molecular weight is 383 g/mol. The molecular formula is C18H27ClN4O3. The number of piperidine rings is 1. The molecule has 1 aromatic carbocycles. The number of hydrogen-bond donors (Lipinski definition) is 3. The highest BCUT2D eigenvalue weighted by molar-refractivity contribution is 5.99. The van der Waals surface area contributed by atoms with Crippen molar-refractivity contribution in [2.45, 2.75) is 31.7 Å². The number of morpholine rings is 1. The Labute approximate surface area is 160 Å². The highest BCUT2D eigenvalue weighted by atomic mass is 35.5. The van der Waals surface area contributed by atoms with Gasteiger partial charge >= 0.3 is 0 Å². The van der Waals surface area contributed by atoms with Crippen molar-refractivity contribution in [1.29, 1.82) is 0 Å². The van der Waals surface area contributed by atoms with Gasteiger partial charge in [0.25, 0.3) is 0 Å². The lowest BCUT2D eigenvalue weighted by atomic mass is 10.1.